The molecule has 2 N–H and O–H groups in total. The van der Waals surface area contributed by atoms with Crippen LogP contribution in [0.25, 0.3) is 0 Å². The predicted molar refractivity (Wildman–Crippen MR) is 155 cm³/mol. The standard InChI is InChI=1S/C27H23Cl3N2O5S2/c1-39(37,38)19-4-2-3-15(11-19)12-22(27(35)36)31-25(33)23-21(29)13-17-14-32(10-9-20(17)24(23)30)26(34)16-5-7-18(28)8-6-16/h2-8,11,13,22H,9-10,12,14H2,1H3,(H,31,33)(H,35,36)/t22-,39?/m0/s1. The molecule has 3 aromatic carbocycles. The quantitative estimate of drug-likeness (QED) is 0.383. The molecule has 39 heavy (non-hydrogen) atoms. The van der Waals surface area contributed by atoms with Crippen LogP contribution in [0.2, 0.25) is 15.1 Å². The number of carboxylic acid groups (broad SMARTS) is 1. The molecule has 3 aromatic rings. The van der Waals surface area contributed by atoms with Crippen molar-refractivity contribution in [1.29, 1.82) is 0 Å². The smallest absolute Gasteiger partial charge is 0.326 e. The Labute approximate surface area is 245 Å². The van der Waals surface area contributed by atoms with Gasteiger partial charge in [0.05, 0.1) is 24.1 Å². The van der Waals surface area contributed by atoms with Gasteiger partial charge in [-0.2, -0.15) is 0 Å². The second-order valence-corrected chi connectivity index (χ2v) is 14.3. The highest BCUT2D eigenvalue weighted by Gasteiger charge is 2.29. The zero-order chi connectivity index (χ0) is 28.5. The first-order valence-corrected chi connectivity index (χ1v) is 15.7. The third-order valence-corrected chi connectivity index (χ3v) is 9.03. The van der Waals surface area contributed by atoms with Crippen LogP contribution in [0.4, 0.5) is 0 Å². The molecule has 0 spiro atoms. The monoisotopic (exact) mass is 624 g/mol. The second-order valence-electron chi connectivity index (χ2n) is 9.16. The van der Waals surface area contributed by atoms with E-state index < -0.39 is 26.4 Å². The number of aliphatic carboxylic acids is 1. The summed E-state index contributed by atoms with van der Waals surface area (Å²) in [5, 5.41) is 13.0. The van der Waals surface area contributed by atoms with E-state index in [-0.39, 0.29) is 34.5 Å². The van der Waals surface area contributed by atoms with Crippen molar-refractivity contribution in [2.45, 2.75) is 30.3 Å². The van der Waals surface area contributed by atoms with E-state index in [9.17, 15) is 23.7 Å². The first-order chi connectivity index (χ1) is 18.3. The van der Waals surface area contributed by atoms with Crippen molar-refractivity contribution in [1.82, 2.24) is 10.2 Å². The van der Waals surface area contributed by atoms with Gasteiger partial charge in [-0.15, -0.1) is 0 Å². The zero-order valence-corrected chi connectivity index (χ0v) is 24.5. The average molecular weight is 626 g/mol. The number of rotatable bonds is 7. The van der Waals surface area contributed by atoms with E-state index in [0.29, 0.717) is 45.1 Å². The van der Waals surface area contributed by atoms with Crippen molar-refractivity contribution in [3.63, 3.8) is 0 Å². The highest BCUT2D eigenvalue weighted by molar-refractivity contribution is 8.32. The van der Waals surface area contributed by atoms with Crippen LogP contribution in [0.3, 0.4) is 0 Å². The van der Waals surface area contributed by atoms with Crippen LogP contribution >= 0.6 is 34.8 Å². The lowest BCUT2D eigenvalue weighted by Crippen LogP contribution is -2.42. The van der Waals surface area contributed by atoms with Gasteiger partial charge in [0, 0.05) is 41.2 Å². The van der Waals surface area contributed by atoms with Crippen LogP contribution in [-0.2, 0) is 43.9 Å². The fraction of sp³-hybridized carbons (Fsp3) is 0.222. The van der Waals surface area contributed by atoms with Crippen LogP contribution in [0, 0.1) is 0 Å². The molecule has 2 amide bonds. The number of halogens is 3. The topological polar surface area (TPSA) is 104 Å². The SMILES string of the molecule is CS(=O)(=S)c1cccc(C[C@H](NC(=O)c2c(Cl)cc3c(c2Cl)CCN(C(=O)c2ccc(Cl)cc2)C3)C(=O)O)c1. The third kappa shape index (κ3) is 6.73. The number of hydrogen-bond acceptors (Lipinski definition) is 5. The first kappa shape index (κ1) is 29.3. The normalized spacial score (nSPS) is 15.1. The maximum Gasteiger partial charge on any atom is 0.326 e. The lowest BCUT2D eigenvalue weighted by atomic mass is 9.95. The number of carbonyl (C=O) groups is 3. The predicted octanol–water partition coefficient (Wildman–Crippen LogP) is 5.01. The minimum atomic E-state index is -2.66. The maximum atomic E-state index is 13.2. The number of nitrogens with one attached hydrogen (secondary N) is 1. The highest BCUT2D eigenvalue weighted by Crippen LogP contribution is 2.35. The van der Waals surface area contributed by atoms with E-state index in [1.165, 1.54) is 6.26 Å². The summed E-state index contributed by atoms with van der Waals surface area (Å²) in [6.45, 7) is 0.615. The van der Waals surface area contributed by atoms with E-state index in [1.54, 1.807) is 59.5 Å². The van der Waals surface area contributed by atoms with E-state index in [4.69, 9.17) is 46.0 Å². The van der Waals surface area contributed by atoms with Gasteiger partial charge in [0.15, 0.2) is 0 Å². The molecule has 0 saturated heterocycles. The van der Waals surface area contributed by atoms with Gasteiger partial charge in [-0.05, 0) is 76.8 Å². The lowest BCUT2D eigenvalue weighted by Gasteiger charge is -2.30. The van der Waals surface area contributed by atoms with E-state index >= 15 is 0 Å². The Bertz CT molecular complexity index is 1580. The van der Waals surface area contributed by atoms with E-state index in [2.05, 4.69) is 5.32 Å². The highest BCUT2D eigenvalue weighted by atomic mass is 35.5. The Balaban J connectivity index is 1.54. The Morgan fingerprint density at radius 2 is 1.79 bits per heavy atom. The number of carbonyl (C=O) groups excluding carboxylic acids is 2. The van der Waals surface area contributed by atoms with Crippen molar-refractivity contribution in [3.05, 3.63) is 97.5 Å². The minimum Gasteiger partial charge on any atom is -0.480 e. The Morgan fingerprint density at radius 3 is 2.44 bits per heavy atom. The van der Waals surface area contributed by atoms with Gasteiger partial charge < -0.3 is 15.3 Å². The molecule has 1 aliphatic heterocycles. The molecule has 0 aromatic heterocycles. The summed E-state index contributed by atoms with van der Waals surface area (Å²) in [5.74, 6) is -2.17. The summed E-state index contributed by atoms with van der Waals surface area (Å²) in [6, 6.07) is 13.4. The van der Waals surface area contributed by atoms with Gasteiger partial charge in [0.25, 0.3) is 11.8 Å². The summed E-state index contributed by atoms with van der Waals surface area (Å²) in [6.07, 6.45) is 1.74. The Hall–Kier alpha value is -2.69. The molecule has 2 atom stereocenters. The molecule has 204 valence electrons. The van der Waals surface area contributed by atoms with Gasteiger partial charge >= 0.3 is 5.97 Å². The average Bonchev–Trinajstić information content (AvgIpc) is 2.87. The van der Waals surface area contributed by atoms with Crippen molar-refractivity contribution in [3.8, 4) is 0 Å². The molecule has 12 heteroatoms. The number of carboxylic acids is 1. The Morgan fingerprint density at radius 1 is 1.10 bits per heavy atom. The number of benzene rings is 3. The largest absolute Gasteiger partial charge is 0.480 e. The van der Waals surface area contributed by atoms with Crippen LogP contribution in [0.5, 0.6) is 0 Å². The minimum absolute atomic E-state index is 0.0308. The summed E-state index contributed by atoms with van der Waals surface area (Å²) < 4.78 is 12.2. The van der Waals surface area contributed by atoms with Crippen LogP contribution in [0.15, 0.2) is 59.5 Å². The summed E-state index contributed by atoms with van der Waals surface area (Å²) in [4.78, 5) is 40.2. The molecule has 0 saturated carbocycles. The van der Waals surface area contributed by atoms with Gasteiger partial charge in [-0.3, -0.25) is 13.8 Å². The fourth-order valence-electron chi connectivity index (χ4n) is 4.38. The number of amides is 2. The van der Waals surface area contributed by atoms with Crippen molar-refractivity contribution < 1.29 is 23.7 Å². The number of nitrogens with zero attached hydrogens (tertiary/aromatic N) is 1. The van der Waals surface area contributed by atoms with Gasteiger partial charge in [0.2, 0.25) is 0 Å². The molecular weight excluding hydrogens is 603 g/mol. The molecule has 1 aliphatic rings. The molecule has 0 aliphatic carbocycles. The molecule has 7 nitrogen and oxygen atoms in total. The number of fused-ring (bicyclic) bond motifs is 1. The van der Waals surface area contributed by atoms with E-state index in [0.717, 1.165) is 0 Å². The van der Waals surface area contributed by atoms with Gasteiger partial charge in [-0.1, -0.05) is 46.9 Å². The fourth-order valence-corrected chi connectivity index (χ4v) is 6.27. The molecule has 0 bridgehead atoms. The van der Waals surface area contributed by atoms with Crippen molar-refractivity contribution >= 4 is 72.3 Å². The summed E-state index contributed by atoms with van der Waals surface area (Å²) in [5.41, 5.74) is 2.39. The van der Waals surface area contributed by atoms with Crippen LogP contribution in [0.1, 0.15) is 37.4 Å². The maximum absolute atomic E-state index is 13.2. The van der Waals surface area contributed by atoms with Crippen molar-refractivity contribution in [2.75, 3.05) is 12.8 Å². The Kier molecular flexibility index (Phi) is 8.88. The van der Waals surface area contributed by atoms with E-state index in [1.807, 2.05) is 0 Å². The second kappa shape index (κ2) is 11.8. The summed E-state index contributed by atoms with van der Waals surface area (Å²) >= 11 is 24.0. The lowest BCUT2D eigenvalue weighted by molar-refractivity contribution is -0.139. The molecule has 4 rings (SSSR count). The molecule has 1 unspecified atom stereocenters. The van der Waals surface area contributed by atoms with Crippen molar-refractivity contribution in [2.24, 2.45) is 0 Å². The molecule has 0 fully saturated rings. The van der Waals surface area contributed by atoms with Crippen LogP contribution < -0.4 is 5.32 Å². The molecule has 1 heterocycles. The van der Waals surface area contributed by atoms with Gasteiger partial charge in [0.1, 0.15) is 6.04 Å². The first-order valence-electron chi connectivity index (χ1n) is 11.7. The molecular formula is C27H23Cl3N2O5S2. The number of hydrogen-bond donors (Lipinski definition) is 2. The molecule has 0 radical (unpaired) electrons. The zero-order valence-electron chi connectivity index (χ0n) is 20.6. The van der Waals surface area contributed by atoms with Gasteiger partial charge in [-0.25, -0.2) is 4.79 Å². The third-order valence-electron chi connectivity index (χ3n) is 6.38. The van der Waals surface area contributed by atoms with Crippen LogP contribution in [-0.4, -0.2) is 50.8 Å². The summed E-state index contributed by atoms with van der Waals surface area (Å²) in [7, 11) is -2.66.